The largest absolute Gasteiger partial charge is 0.370 e. The number of carbonyl (C=O) groups excluding carboxylic acids is 1. The van der Waals surface area contributed by atoms with Gasteiger partial charge in [-0.05, 0) is 24.3 Å². The summed E-state index contributed by atoms with van der Waals surface area (Å²) in [5, 5.41) is 8.08. The van der Waals surface area contributed by atoms with Crippen LogP contribution in [0.3, 0.4) is 0 Å². The van der Waals surface area contributed by atoms with Crippen LogP contribution in [-0.2, 0) is 4.79 Å². The summed E-state index contributed by atoms with van der Waals surface area (Å²) in [6.45, 7) is 0. The number of nitrogens with zero attached hydrogens (tertiary/aromatic N) is 2. The second-order valence-corrected chi connectivity index (χ2v) is 8.01. The molecule has 0 spiro atoms. The van der Waals surface area contributed by atoms with Gasteiger partial charge in [-0.25, -0.2) is 9.98 Å². The molecule has 0 saturated heterocycles. The van der Waals surface area contributed by atoms with Gasteiger partial charge in [-0.15, -0.1) is 0 Å². The number of guanidine groups is 1. The summed E-state index contributed by atoms with van der Waals surface area (Å²) in [6, 6.07) is 12.8. The fourth-order valence-corrected chi connectivity index (χ4v) is 3.91. The van der Waals surface area contributed by atoms with Gasteiger partial charge in [0, 0.05) is 27.7 Å². The molecule has 0 saturated carbocycles. The molecule has 7 nitrogen and oxygen atoms in total. The zero-order valence-corrected chi connectivity index (χ0v) is 17.3. The predicted octanol–water partition coefficient (Wildman–Crippen LogP) is 4.12. The number of fused-ring (bicyclic) bond motifs is 1. The van der Waals surface area contributed by atoms with Crippen molar-refractivity contribution in [3.05, 3.63) is 64.3 Å². The number of aromatic nitrogens is 1. The molecule has 0 radical (unpaired) electrons. The lowest BCUT2D eigenvalue weighted by Gasteiger charge is -2.18. The van der Waals surface area contributed by atoms with Gasteiger partial charge in [0.05, 0.1) is 16.5 Å². The van der Waals surface area contributed by atoms with E-state index in [2.05, 4.69) is 25.6 Å². The van der Waals surface area contributed by atoms with E-state index in [1.807, 2.05) is 30.5 Å². The van der Waals surface area contributed by atoms with E-state index >= 15 is 0 Å². The number of aliphatic imine (C=N–C) groups is 2. The minimum Gasteiger partial charge on any atom is -0.370 e. The normalized spacial score (nSPS) is 16.1. The highest BCUT2D eigenvalue weighted by Gasteiger charge is 2.20. The van der Waals surface area contributed by atoms with Crippen LogP contribution in [0.1, 0.15) is 11.7 Å². The number of hydrogen-bond acceptors (Lipinski definition) is 6. The van der Waals surface area contributed by atoms with E-state index in [-0.39, 0.29) is 17.6 Å². The van der Waals surface area contributed by atoms with E-state index in [0.717, 1.165) is 16.5 Å². The van der Waals surface area contributed by atoms with E-state index < -0.39 is 6.17 Å². The Balaban J connectivity index is 1.46. The van der Waals surface area contributed by atoms with Gasteiger partial charge in [0.1, 0.15) is 0 Å². The number of benzene rings is 2. The fraction of sp³-hybridized carbons (Fsp3) is 0.105. The molecule has 148 valence electrons. The van der Waals surface area contributed by atoms with Crippen molar-refractivity contribution in [2.45, 2.75) is 6.17 Å². The maximum atomic E-state index is 12.3. The molecule has 1 atom stereocenters. The third-order valence-electron chi connectivity index (χ3n) is 4.18. The number of thioether (sulfide) groups is 1. The summed E-state index contributed by atoms with van der Waals surface area (Å²) in [5.41, 5.74) is 8.31. The molecule has 1 aliphatic rings. The minimum absolute atomic E-state index is 0.114. The van der Waals surface area contributed by atoms with E-state index in [4.69, 9.17) is 28.9 Å². The Hall–Kier alpha value is -2.68. The molecule has 0 fully saturated rings. The number of amides is 1. The second-order valence-electron chi connectivity index (χ2n) is 6.20. The maximum Gasteiger partial charge on any atom is 0.234 e. The summed E-state index contributed by atoms with van der Waals surface area (Å²) in [7, 11) is 0. The Kier molecular flexibility index (Phi) is 5.66. The first-order valence-electron chi connectivity index (χ1n) is 8.61. The van der Waals surface area contributed by atoms with Crippen LogP contribution in [0.15, 0.2) is 58.6 Å². The van der Waals surface area contributed by atoms with Crippen LogP contribution in [-0.4, -0.2) is 27.8 Å². The van der Waals surface area contributed by atoms with Crippen molar-refractivity contribution in [2.75, 3.05) is 11.1 Å². The van der Waals surface area contributed by atoms with Crippen LogP contribution in [0.4, 0.5) is 5.69 Å². The summed E-state index contributed by atoms with van der Waals surface area (Å²) >= 11 is 13.3. The number of nitrogens with two attached hydrogens (primary N) is 1. The maximum absolute atomic E-state index is 12.3. The van der Waals surface area contributed by atoms with Crippen LogP contribution in [0.2, 0.25) is 10.0 Å². The Morgan fingerprint density at radius 1 is 1.21 bits per heavy atom. The number of anilines is 1. The number of nitrogens with one attached hydrogen (secondary N) is 3. The van der Waals surface area contributed by atoms with E-state index in [0.29, 0.717) is 20.9 Å². The number of rotatable bonds is 4. The number of hydrogen-bond donors (Lipinski definition) is 4. The van der Waals surface area contributed by atoms with Gasteiger partial charge in [0.2, 0.25) is 5.91 Å². The zero-order valence-electron chi connectivity index (χ0n) is 14.9. The van der Waals surface area contributed by atoms with Gasteiger partial charge < -0.3 is 21.4 Å². The van der Waals surface area contributed by atoms with Gasteiger partial charge in [-0.2, -0.15) is 0 Å². The van der Waals surface area contributed by atoms with Crippen molar-refractivity contribution in [3.63, 3.8) is 0 Å². The number of amidine groups is 1. The molecule has 0 aliphatic carbocycles. The summed E-state index contributed by atoms with van der Waals surface area (Å²) in [4.78, 5) is 24.5. The standard InChI is InChI=1S/C19H16Cl2N6OS/c20-10-5-6-13(21)15(7-10)24-16(28)9-29-19-26-17(25-18(22)27-19)12-8-23-14-4-2-1-3-11(12)14/h1-8,17,23H,9H2,(H,24,28)(H3,22,25,26,27)/t17-/m1/s1. The smallest absolute Gasteiger partial charge is 0.234 e. The van der Waals surface area contributed by atoms with Crippen LogP contribution in [0.5, 0.6) is 0 Å². The van der Waals surface area contributed by atoms with E-state index in [9.17, 15) is 4.79 Å². The molecule has 29 heavy (non-hydrogen) atoms. The Labute approximate surface area is 180 Å². The first kappa shape index (κ1) is 19.6. The number of H-pyrrole nitrogens is 1. The monoisotopic (exact) mass is 446 g/mol. The van der Waals surface area contributed by atoms with Gasteiger partial charge >= 0.3 is 0 Å². The number of aromatic amines is 1. The second kappa shape index (κ2) is 8.36. The molecular formula is C19H16Cl2N6OS. The summed E-state index contributed by atoms with van der Waals surface area (Å²) < 4.78 is 0. The average molecular weight is 447 g/mol. The average Bonchev–Trinajstić information content (AvgIpc) is 3.13. The number of para-hydroxylation sites is 1. The quantitative estimate of drug-likeness (QED) is 0.483. The van der Waals surface area contributed by atoms with Crippen molar-refractivity contribution in [2.24, 2.45) is 15.7 Å². The highest BCUT2D eigenvalue weighted by atomic mass is 35.5. The fourth-order valence-electron chi connectivity index (χ4n) is 2.88. The Bertz CT molecular complexity index is 1140. The summed E-state index contributed by atoms with van der Waals surface area (Å²) in [6.07, 6.45) is 1.39. The SMILES string of the molecule is NC1=N[C@@H](c2c[nH]c3ccccc23)N=C(SCC(=O)Nc2cc(Cl)ccc2Cl)N1. The molecule has 2 aromatic carbocycles. The first-order chi connectivity index (χ1) is 14.0. The van der Waals surface area contributed by atoms with Crippen molar-refractivity contribution >= 4 is 68.6 Å². The highest BCUT2D eigenvalue weighted by Crippen LogP contribution is 2.30. The molecule has 5 N–H and O–H groups in total. The van der Waals surface area contributed by atoms with Gasteiger partial charge in [0.25, 0.3) is 0 Å². The predicted molar refractivity (Wildman–Crippen MR) is 121 cm³/mol. The van der Waals surface area contributed by atoms with Gasteiger partial charge in [0.15, 0.2) is 17.3 Å². The lowest BCUT2D eigenvalue weighted by Crippen LogP contribution is -2.39. The lowest BCUT2D eigenvalue weighted by molar-refractivity contribution is -0.113. The Morgan fingerprint density at radius 2 is 2.03 bits per heavy atom. The van der Waals surface area contributed by atoms with Crippen LogP contribution >= 0.6 is 35.0 Å². The molecular weight excluding hydrogens is 431 g/mol. The number of carbonyl (C=O) groups is 1. The molecule has 0 unspecified atom stereocenters. The van der Waals surface area contributed by atoms with E-state index in [1.165, 1.54) is 11.8 Å². The van der Waals surface area contributed by atoms with Crippen molar-refractivity contribution < 1.29 is 4.79 Å². The Morgan fingerprint density at radius 3 is 2.90 bits per heavy atom. The molecule has 0 bridgehead atoms. The van der Waals surface area contributed by atoms with Crippen molar-refractivity contribution in [1.82, 2.24) is 10.3 Å². The molecule has 1 amide bonds. The zero-order chi connectivity index (χ0) is 20.4. The molecule has 10 heteroatoms. The highest BCUT2D eigenvalue weighted by molar-refractivity contribution is 8.14. The van der Waals surface area contributed by atoms with Crippen LogP contribution in [0.25, 0.3) is 10.9 Å². The van der Waals surface area contributed by atoms with Crippen molar-refractivity contribution in [3.8, 4) is 0 Å². The van der Waals surface area contributed by atoms with Gasteiger partial charge in [-0.3, -0.25) is 4.79 Å². The van der Waals surface area contributed by atoms with Crippen LogP contribution in [0, 0.1) is 0 Å². The van der Waals surface area contributed by atoms with Crippen LogP contribution < -0.4 is 16.4 Å². The summed E-state index contributed by atoms with van der Waals surface area (Å²) in [5.74, 6) is 0.118. The number of halogens is 2. The third-order valence-corrected chi connectivity index (χ3v) is 5.63. The molecule has 2 heterocycles. The molecule has 1 aromatic heterocycles. The molecule has 4 rings (SSSR count). The van der Waals surface area contributed by atoms with Crippen molar-refractivity contribution in [1.29, 1.82) is 0 Å². The third kappa shape index (κ3) is 4.50. The molecule has 1 aliphatic heterocycles. The topological polar surface area (TPSA) is 108 Å². The minimum atomic E-state index is -0.486. The van der Waals surface area contributed by atoms with E-state index in [1.54, 1.807) is 18.2 Å². The van der Waals surface area contributed by atoms with Gasteiger partial charge in [-0.1, -0.05) is 53.2 Å². The molecule has 3 aromatic rings. The first-order valence-corrected chi connectivity index (χ1v) is 10.4. The lowest BCUT2D eigenvalue weighted by atomic mass is 10.1.